The average molecular weight is 177 g/mol. The Morgan fingerprint density at radius 1 is 1.38 bits per heavy atom. The highest BCUT2D eigenvalue weighted by molar-refractivity contribution is 5.93. The van der Waals surface area contributed by atoms with Crippen molar-refractivity contribution in [2.75, 3.05) is 6.61 Å². The Hall–Kier alpha value is -1.35. The lowest BCUT2D eigenvalue weighted by molar-refractivity contribution is 0.0997. The first kappa shape index (κ1) is 8.26. The number of benzene rings is 1. The average Bonchev–Trinajstić information content (AvgIpc) is 2.17. The first-order valence-electron chi connectivity index (χ1n) is 4.27. The summed E-state index contributed by atoms with van der Waals surface area (Å²) < 4.78 is 5.28. The van der Waals surface area contributed by atoms with E-state index < -0.39 is 0 Å². The summed E-state index contributed by atoms with van der Waals surface area (Å²) in [7, 11) is 0. The fourth-order valence-electron chi connectivity index (χ4n) is 1.52. The topological polar surface area (TPSA) is 52.3 Å². The van der Waals surface area contributed by atoms with E-state index in [1.807, 2.05) is 12.1 Å². The first-order chi connectivity index (χ1) is 6.27. The predicted octanol–water partition coefficient (Wildman–Crippen LogP) is 0.858. The van der Waals surface area contributed by atoms with Gasteiger partial charge in [-0.3, -0.25) is 4.79 Å². The van der Waals surface area contributed by atoms with Gasteiger partial charge in [0, 0.05) is 5.56 Å². The van der Waals surface area contributed by atoms with Gasteiger partial charge in [0.1, 0.15) is 0 Å². The van der Waals surface area contributed by atoms with E-state index in [-0.39, 0.29) is 5.91 Å². The van der Waals surface area contributed by atoms with Gasteiger partial charge in [0.2, 0.25) is 5.91 Å². The zero-order valence-corrected chi connectivity index (χ0v) is 7.25. The molecule has 3 heteroatoms. The molecule has 0 aromatic heterocycles. The number of ether oxygens (including phenoxy) is 1. The summed E-state index contributed by atoms with van der Waals surface area (Å²) in [5.74, 6) is -0.366. The van der Waals surface area contributed by atoms with Crippen molar-refractivity contribution >= 4 is 5.91 Å². The molecule has 0 fully saturated rings. The van der Waals surface area contributed by atoms with Crippen LogP contribution in [0.3, 0.4) is 0 Å². The molecule has 0 saturated carbocycles. The quantitative estimate of drug-likeness (QED) is 0.691. The lowest BCUT2D eigenvalue weighted by atomic mass is 10.0. The molecule has 0 bridgehead atoms. The summed E-state index contributed by atoms with van der Waals surface area (Å²) in [6.07, 6.45) is 0.871. The Labute approximate surface area is 76.5 Å². The van der Waals surface area contributed by atoms with Gasteiger partial charge in [0.15, 0.2) is 0 Å². The molecule has 3 nitrogen and oxygen atoms in total. The van der Waals surface area contributed by atoms with Crippen molar-refractivity contribution < 1.29 is 9.53 Å². The van der Waals surface area contributed by atoms with Crippen LogP contribution in [0.4, 0.5) is 0 Å². The van der Waals surface area contributed by atoms with Crippen LogP contribution in [0.1, 0.15) is 21.5 Å². The highest BCUT2D eigenvalue weighted by atomic mass is 16.5. The molecule has 1 aromatic rings. The molecule has 1 amide bonds. The molecule has 0 radical (unpaired) electrons. The van der Waals surface area contributed by atoms with E-state index in [0.717, 1.165) is 18.6 Å². The number of hydrogen-bond acceptors (Lipinski definition) is 2. The van der Waals surface area contributed by atoms with Crippen molar-refractivity contribution in [2.45, 2.75) is 13.0 Å². The van der Waals surface area contributed by atoms with Gasteiger partial charge in [0.05, 0.1) is 13.2 Å². The van der Waals surface area contributed by atoms with Crippen LogP contribution in [-0.2, 0) is 17.8 Å². The third-order valence-corrected chi connectivity index (χ3v) is 2.26. The summed E-state index contributed by atoms with van der Waals surface area (Å²) in [6, 6.07) is 5.52. The van der Waals surface area contributed by atoms with Gasteiger partial charge in [-0.1, -0.05) is 6.07 Å². The van der Waals surface area contributed by atoms with E-state index in [0.29, 0.717) is 12.2 Å². The fraction of sp³-hybridized carbons (Fsp3) is 0.300. The molecule has 68 valence electrons. The third kappa shape index (κ3) is 1.55. The largest absolute Gasteiger partial charge is 0.376 e. The van der Waals surface area contributed by atoms with E-state index >= 15 is 0 Å². The zero-order valence-electron chi connectivity index (χ0n) is 7.25. The summed E-state index contributed by atoms with van der Waals surface area (Å²) in [5, 5.41) is 0. The van der Waals surface area contributed by atoms with Crippen molar-refractivity contribution in [3.05, 3.63) is 34.9 Å². The minimum absolute atomic E-state index is 0.366. The van der Waals surface area contributed by atoms with Crippen LogP contribution in [0.25, 0.3) is 0 Å². The monoisotopic (exact) mass is 177 g/mol. The van der Waals surface area contributed by atoms with Crippen molar-refractivity contribution in [1.82, 2.24) is 0 Å². The first-order valence-corrected chi connectivity index (χ1v) is 4.27. The minimum Gasteiger partial charge on any atom is -0.376 e. The predicted molar refractivity (Wildman–Crippen MR) is 48.3 cm³/mol. The van der Waals surface area contributed by atoms with Crippen LogP contribution in [0, 0.1) is 0 Å². The van der Waals surface area contributed by atoms with Crippen LogP contribution in [0.15, 0.2) is 18.2 Å². The summed E-state index contributed by atoms with van der Waals surface area (Å²) >= 11 is 0. The van der Waals surface area contributed by atoms with Crippen molar-refractivity contribution in [3.8, 4) is 0 Å². The molecule has 2 rings (SSSR count). The van der Waals surface area contributed by atoms with Gasteiger partial charge in [-0.15, -0.1) is 0 Å². The molecule has 0 atom stereocenters. The van der Waals surface area contributed by atoms with Gasteiger partial charge >= 0.3 is 0 Å². The van der Waals surface area contributed by atoms with E-state index in [1.165, 1.54) is 5.56 Å². The molecule has 1 aliphatic rings. The number of amides is 1. The van der Waals surface area contributed by atoms with Crippen molar-refractivity contribution in [3.63, 3.8) is 0 Å². The molecule has 1 aromatic carbocycles. The van der Waals surface area contributed by atoms with Crippen molar-refractivity contribution in [1.29, 1.82) is 0 Å². The van der Waals surface area contributed by atoms with Gasteiger partial charge in [-0.25, -0.2) is 0 Å². The maximum absolute atomic E-state index is 10.9. The molecule has 2 N–H and O–H groups in total. The normalized spacial score (nSPS) is 15.1. The molecule has 0 aliphatic carbocycles. The van der Waals surface area contributed by atoms with Crippen LogP contribution in [-0.4, -0.2) is 12.5 Å². The summed E-state index contributed by atoms with van der Waals surface area (Å²) in [5.41, 5.74) is 8.11. The second kappa shape index (κ2) is 3.18. The maximum Gasteiger partial charge on any atom is 0.248 e. The number of fused-ring (bicyclic) bond motifs is 1. The SMILES string of the molecule is NC(=O)c1ccc2c(c1)CCOC2. The Bertz CT molecular complexity index is 347. The second-order valence-corrected chi connectivity index (χ2v) is 3.15. The molecular formula is C10H11NO2. The van der Waals surface area contributed by atoms with E-state index in [4.69, 9.17) is 10.5 Å². The Kier molecular flexibility index (Phi) is 2.02. The highest BCUT2D eigenvalue weighted by Gasteiger charge is 2.10. The van der Waals surface area contributed by atoms with Gasteiger partial charge in [-0.2, -0.15) is 0 Å². The summed E-state index contributed by atoms with van der Waals surface area (Å²) in [6.45, 7) is 1.38. The van der Waals surface area contributed by atoms with Gasteiger partial charge in [0.25, 0.3) is 0 Å². The highest BCUT2D eigenvalue weighted by Crippen LogP contribution is 2.17. The maximum atomic E-state index is 10.9. The number of rotatable bonds is 1. The number of hydrogen-bond donors (Lipinski definition) is 1. The van der Waals surface area contributed by atoms with E-state index in [2.05, 4.69) is 0 Å². The van der Waals surface area contributed by atoms with Gasteiger partial charge in [-0.05, 0) is 29.7 Å². The van der Waals surface area contributed by atoms with Crippen LogP contribution < -0.4 is 5.73 Å². The molecule has 0 saturated heterocycles. The smallest absolute Gasteiger partial charge is 0.248 e. The Morgan fingerprint density at radius 2 is 2.23 bits per heavy atom. The Morgan fingerprint density at radius 3 is 3.00 bits per heavy atom. The zero-order chi connectivity index (χ0) is 9.26. The molecular weight excluding hydrogens is 166 g/mol. The third-order valence-electron chi connectivity index (χ3n) is 2.26. The molecule has 1 heterocycles. The summed E-state index contributed by atoms with van der Waals surface area (Å²) in [4.78, 5) is 10.9. The molecule has 0 unspecified atom stereocenters. The minimum atomic E-state index is -0.366. The van der Waals surface area contributed by atoms with Crippen LogP contribution in [0.5, 0.6) is 0 Å². The Balaban J connectivity index is 2.40. The second-order valence-electron chi connectivity index (χ2n) is 3.15. The lowest BCUT2D eigenvalue weighted by Gasteiger charge is -2.16. The number of carbonyl (C=O) groups is 1. The molecule has 0 spiro atoms. The molecule has 13 heavy (non-hydrogen) atoms. The standard InChI is InChI=1S/C10H11NO2/c11-10(12)8-1-2-9-6-13-4-3-7(9)5-8/h1-2,5H,3-4,6H2,(H2,11,12). The van der Waals surface area contributed by atoms with Crippen molar-refractivity contribution in [2.24, 2.45) is 5.73 Å². The van der Waals surface area contributed by atoms with Crippen LogP contribution >= 0.6 is 0 Å². The van der Waals surface area contributed by atoms with E-state index in [9.17, 15) is 4.79 Å². The number of nitrogens with two attached hydrogens (primary N) is 1. The number of carbonyl (C=O) groups excluding carboxylic acids is 1. The number of primary amides is 1. The lowest BCUT2D eigenvalue weighted by Crippen LogP contribution is -2.14. The van der Waals surface area contributed by atoms with Crippen LogP contribution in [0.2, 0.25) is 0 Å². The van der Waals surface area contributed by atoms with Gasteiger partial charge < -0.3 is 10.5 Å². The van der Waals surface area contributed by atoms with E-state index in [1.54, 1.807) is 6.07 Å². The molecule has 1 aliphatic heterocycles. The fourth-order valence-corrected chi connectivity index (χ4v) is 1.52.